The number of aromatic nitrogens is 1. The molecule has 0 radical (unpaired) electrons. The molecular formula is C19H24N4O. The topological polar surface area (TPSA) is 71.2 Å². The van der Waals surface area contributed by atoms with Crippen molar-refractivity contribution in [3.8, 4) is 0 Å². The lowest BCUT2D eigenvalue weighted by atomic mass is 10.1. The van der Waals surface area contributed by atoms with Gasteiger partial charge in [-0.05, 0) is 37.0 Å². The molecule has 1 amide bonds. The van der Waals surface area contributed by atoms with Crippen LogP contribution >= 0.6 is 0 Å². The molecule has 1 aromatic carbocycles. The van der Waals surface area contributed by atoms with Gasteiger partial charge in [0.2, 0.25) is 0 Å². The summed E-state index contributed by atoms with van der Waals surface area (Å²) in [5, 5.41) is 2.95. The normalized spacial score (nSPS) is 15.8. The molecule has 3 N–H and O–H groups in total. The highest BCUT2D eigenvalue weighted by atomic mass is 16.1. The fourth-order valence-electron chi connectivity index (χ4n) is 3.05. The molecule has 1 fully saturated rings. The highest BCUT2D eigenvalue weighted by Crippen LogP contribution is 2.21. The number of piperidine rings is 1. The number of anilines is 1. The maximum atomic E-state index is 12.6. The lowest BCUT2D eigenvalue weighted by molar-refractivity contribution is 0.0951. The molecule has 126 valence electrons. The van der Waals surface area contributed by atoms with E-state index in [1.165, 1.54) is 6.42 Å². The number of nitrogens with zero attached hydrogens (tertiary/aromatic N) is 2. The smallest absolute Gasteiger partial charge is 0.255 e. The van der Waals surface area contributed by atoms with E-state index in [2.05, 4.69) is 15.2 Å². The van der Waals surface area contributed by atoms with Crippen LogP contribution in [0.25, 0.3) is 0 Å². The van der Waals surface area contributed by atoms with Crippen LogP contribution in [0.15, 0.2) is 48.7 Å². The van der Waals surface area contributed by atoms with Crippen molar-refractivity contribution < 1.29 is 4.79 Å². The predicted octanol–water partition coefficient (Wildman–Crippen LogP) is 2.50. The molecule has 1 aliphatic rings. The summed E-state index contributed by atoms with van der Waals surface area (Å²) in [6, 6.07) is 13.2. The fraction of sp³-hybridized carbons (Fsp3) is 0.368. The van der Waals surface area contributed by atoms with Crippen LogP contribution < -0.4 is 16.0 Å². The van der Waals surface area contributed by atoms with Crippen molar-refractivity contribution in [3.05, 3.63) is 59.8 Å². The molecule has 2 aromatic rings. The molecule has 0 bridgehead atoms. The first kappa shape index (κ1) is 16.5. The number of pyridine rings is 1. The SMILES string of the molecule is NC(CNC(=O)c1cccnc1N1CCCCC1)c1ccccc1. The van der Waals surface area contributed by atoms with Crippen LogP contribution in [0.3, 0.4) is 0 Å². The summed E-state index contributed by atoms with van der Waals surface area (Å²) in [5.41, 5.74) is 7.80. The summed E-state index contributed by atoms with van der Waals surface area (Å²) in [6.45, 7) is 2.32. The molecule has 2 heterocycles. The number of benzene rings is 1. The van der Waals surface area contributed by atoms with E-state index in [1.54, 1.807) is 12.3 Å². The Hall–Kier alpha value is -2.40. The summed E-state index contributed by atoms with van der Waals surface area (Å²) in [4.78, 5) is 19.3. The van der Waals surface area contributed by atoms with Gasteiger partial charge in [-0.1, -0.05) is 30.3 Å². The van der Waals surface area contributed by atoms with Crippen LogP contribution in [0.2, 0.25) is 0 Å². The zero-order valence-electron chi connectivity index (χ0n) is 13.8. The Labute approximate surface area is 142 Å². The third-order valence-corrected chi connectivity index (χ3v) is 4.40. The molecule has 5 nitrogen and oxygen atoms in total. The molecule has 1 unspecified atom stereocenters. The number of rotatable bonds is 5. The predicted molar refractivity (Wildman–Crippen MR) is 96.0 cm³/mol. The van der Waals surface area contributed by atoms with Crippen molar-refractivity contribution >= 4 is 11.7 Å². The average molecular weight is 324 g/mol. The van der Waals surface area contributed by atoms with Gasteiger partial charge in [0, 0.05) is 31.9 Å². The van der Waals surface area contributed by atoms with Gasteiger partial charge in [-0.2, -0.15) is 0 Å². The van der Waals surface area contributed by atoms with E-state index in [0.717, 1.165) is 37.3 Å². The number of carbonyl (C=O) groups is 1. The second-order valence-electron chi connectivity index (χ2n) is 6.15. The number of hydrogen-bond donors (Lipinski definition) is 2. The van der Waals surface area contributed by atoms with Crippen LogP contribution in [-0.2, 0) is 0 Å². The van der Waals surface area contributed by atoms with Crippen molar-refractivity contribution in [1.29, 1.82) is 0 Å². The van der Waals surface area contributed by atoms with Gasteiger partial charge < -0.3 is 16.0 Å². The summed E-state index contributed by atoms with van der Waals surface area (Å²) in [6.07, 6.45) is 5.29. The highest BCUT2D eigenvalue weighted by molar-refractivity contribution is 5.98. The quantitative estimate of drug-likeness (QED) is 0.886. The summed E-state index contributed by atoms with van der Waals surface area (Å²) in [5.74, 6) is 0.665. The monoisotopic (exact) mass is 324 g/mol. The van der Waals surface area contributed by atoms with Crippen LogP contribution in [-0.4, -0.2) is 30.5 Å². The zero-order valence-corrected chi connectivity index (χ0v) is 13.8. The van der Waals surface area contributed by atoms with Crippen molar-refractivity contribution in [2.45, 2.75) is 25.3 Å². The lowest BCUT2D eigenvalue weighted by Gasteiger charge is -2.29. The van der Waals surface area contributed by atoms with E-state index in [9.17, 15) is 4.79 Å². The van der Waals surface area contributed by atoms with E-state index in [4.69, 9.17) is 5.73 Å². The average Bonchev–Trinajstić information content (AvgIpc) is 2.67. The van der Waals surface area contributed by atoms with Gasteiger partial charge in [-0.15, -0.1) is 0 Å². The van der Waals surface area contributed by atoms with E-state index < -0.39 is 0 Å². The molecule has 3 rings (SSSR count). The first-order valence-electron chi connectivity index (χ1n) is 8.54. The third kappa shape index (κ3) is 3.92. The van der Waals surface area contributed by atoms with Gasteiger partial charge in [0.25, 0.3) is 5.91 Å². The number of hydrogen-bond acceptors (Lipinski definition) is 4. The standard InChI is InChI=1S/C19H24N4O/c20-17(15-8-3-1-4-9-15)14-22-19(24)16-10-7-11-21-18(16)23-12-5-2-6-13-23/h1,3-4,7-11,17H,2,5-6,12-14,20H2,(H,22,24). The molecule has 5 heteroatoms. The molecule has 0 spiro atoms. The largest absolute Gasteiger partial charge is 0.356 e. The number of nitrogens with one attached hydrogen (secondary N) is 1. The Balaban J connectivity index is 1.67. The highest BCUT2D eigenvalue weighted by Gasteiger charge is 2.20. The molecule has 0 aliphatic carbocycles. The minimum absolute atomic E-state index is 0.116. The maximum Gasteiger partial charge on any atom is 0.255 e. The minimum Gasteiger partial charge on any atom is -0.356 e. The van der Waals surface area contributed by atoms with Crippen LogP contribution in [0, 0.1) is 0 Å². The van der Waals surface area contributed by atoms with Crippen molar-refractivity contribution in [2.24, 2.45) is 5.73 Å². The fourth-order valence-corrected chi connectivity index (χ4v) is 3.05. The van der Waals surface area contributed by atoms with E-state index >= 15 is 0 Å². The van der Waals surface area contributed by atoms with E-state index in [0.29, 0.717) is 12.1 Å². The Bertz CT molecular complexity index is 668. The molecule has 1 atom stereocenters. The maximum absolute atomic E-state index is 12.6. The lowest BCUT2D eigenvalue weighted by Crippen LogP contribution is -2.35. The van der Waals surface area contributed by atoms with Gasteiger partial charge in [0.1, 0.15) is 5.82 Å². The van der Waals surface area contributed by atoms with Gasteiger partial charge >= 0.3 is 0 Å². The van der Waals surface area contributed by atoms with E-state index in [1.807, 2.05) is 36.4 Å². The Morgan fingerprint density at radius 3 is 2.62 bits per heavy atom. The summed E-state index contributed by atoms with van der Waals surface area (Å²) < 4.78 is 0. The summed E-state index contributed by atoms with van der Waals surface area (Å²) in [7, 11) is 0. The minimum atomic E-state index is -0.217. The van der Waals surface area contributed by atoms with E-state index in [-0.39, 0.29) is 11.9 Å². The number of nitrogens with two attached hydrogens (primary N) is 1. The van der Waals surface area contributed by atoms with Crippen molar-refractivity contribution in [1.82, 2.24) is 10.3 Å². The number of carbonyl (C=O) groups excluding carboxylic acids is 1. The van der Waals surface area contributed by atoms with Crippen LogP contribution in [0.4, 0.5) is 5.82 Å². The Morgan fingerprint density at radius 2 is 1.88 bits per heavy atom. The first-order chi connectivity index (χ1) is 11.8. The zero-order chi connectivity index (χ0) is 16.8. The molecule has 1 aromatic heterocycles. The van der Waals surface area contributed by atoms with Crippen LogP contribution in [0.1, 0.15) is 41.2 Å². The third-order valence-electron chi connectivity index (χ3n) is 4.40. The first-order valence-corrected chi connectivity index (χ1v) is 8.54. The second kappa shape index (κ2) is 7.93. The molecule has 24 heavy (non-hydrogen) atoms. The molecular weight excluding hydrogens is 300 g/mol. The summed E-state index contributed by atoms with van der Waals surface area (Å²) >= 11 is 0. The molecule has 1 aliphatic heterocycles. The van der Waals surface area contributed by atoms with Crippen LogP contribution in [0.5, 0.6) is 0 Å². The van der Waals surface area contributed by atoms with Gasteiger partial charge in [0.15, 0.2) is 0 Å². The Kier molecular flexibility index (Phi) is 5.43. The number of amides is 1. The van der Waals surface area contributed by atoms with Crippen molar-refractivity contribution in [2.75, 3.05) is 24.5 Å². The molecule has 0 saturated carbocycles. The van der Waals surface area contributed by atoms with Crippen molar-refractivity contribution in [3.63, 3.8) is 0 Å². The van der Waals surface area contributed by atoms with Gasteiger partial charge in [-0.25, -0.2) is 4.98 Å². The van der Waals surface area contributed by atoms with Gasteiger partial charge in [-0.3, -0.25) is 4.79 Å². The Morgan fingerprint density at radius 1 is 1.12 bits per heavy atom. The molecule has 1 saturated heterocycles. The van der Waals surface area contributed by atoms with Gasteiger partial charge in [0.05, 0.1) is 5.56 Å². The second-order valence-corrected chi connectivity index (χ2v) is 6.15.